The summed E-state index contributed by atoms with van der Waals surface area (Å²) >= 11 is 0. The highest BCUT2D eigenvalue weighted by Crippen LogP contribution is 2.42. The van der Waals surface area contributed by atoms with E-state index in [0.717, 1.165) is 50.9 Å². The van der Waals surface area contributed by atoms with E-state index in [1.54, 1.807) is 24.4 Å². The number of terminal acetylenes is 1. The number of halogens is 2. The van der Waals surface area contributed by atoms with Crippen molar-refractivity contribution in [1.29, 1.82) is 0 Å². The van der Waals surface area contributed by atoms with Crippen LogP contribution in [0.15, 0.2) is 48.4 Å². The second-order valence-corrected chi connectivity index (χ2v) is 12.6. The standard InChI is InChI=1S/C34H32F2N6O2/c1-2-21-5-3-6-22-11-25(43)12-26(28(21)22)30-29(36)31-27(15-37-30)32(41-17-23-7-8-24(18-41)38-23)40-33(39-31)44-19-34-9-4-10-42(34)16-20(13-34)14-35/h1,3,5-6,11-12,14-15,23-24,38,43H,4,7-10,13,16-19H2/t23-,24+,34?. The Balaban J connectivity index is 1.26. The van der Waals surface area contributed by atoms with Crippen LogP contribution in [0.4, 0.5) is 14.6 Å². The molecule has 8 rings (SSSR count). The third-order valence-electron chi connectivity index (χ3n) is 9.85. The molecule has 10 heteroatoms. The van der Waals surface area contributed by atoms with Gasteiger partial charge in [0.15, 0.2) is 5.82 Å². The van der Waals surface area contributed by atoms with Crippen LogP contribution in [0.25, 0.3) is 32.9 Å². The summed E-state index contributed by atoms with van der Waals surface area (Å²) in [5.41, 5.74) is 1.52. The zero-order valence-electron chi connectivity index (χ0n) is 24.2. The highest BCUT2D eigenvalue weighted by atomic mass is 19.1. The number of phenolic OH excluding ortho intramolecular Hbond substituents is 1. The number of nitrogens with zero attached hydrogens (tertiary/aromatic N) is 5. The van der Waals surface area contributed by atoms with Gasteiger partial charge in [0.05, 0.1) is 17.3 Å². The van der Waals surface area contributed by atoms with E-state index in [0.29, 0.717) is 64.5 Å². The molecule has 2 aromatic carbocycles. The Morgan fingerprint density at radius 1 is 1.20 bits per heavy atom. The van der Waals surface area contributed by atoms with E-state index in [1.165, 1.54) is 6.07 Å². The molecule has 6 heterocycles. The van der Waals surface area contributed by atoms with Gasteiger partial charge in [-0.05, 0) is 67.8 Å². The Morgan fingerprint density at radius 2 is 2.05 bits per heavy atom. The molecule has 2 aromatic heterocycles. The molecule has 4 aliphatic rings. The molecule has 0 aliphatic carbocycles. The van der Waals surface area contributed by atoms with Gasteiger partial charge in [-0.25, -0.2) is 8.78 Å². The minimum absolute atomic E-state index is 0.0229. The van der Waals surface area contributed by atoms with Crippen LogP contribution in [0.2, 0.25) is 0 Å². The summed E-state index contributed by atoms with van der Waals surface area (Å²) in [7, 11) is 0. The first-order chi connectivity index (χ1) is 21.4. The van der Waals surface area contributed by atoms with E-state index in [4.69, 9.17) is 16.1 Å². The monoisotopic (exact) mass is 594 g/mol. The highest BCUT2D eigenvalue weighted by molar-refractivity contribution is 6.02. The Morgan fingerprint density at radius 3 is 2.84 bits per heavy atom. The Labute approximate surface area is 253 Å². The van der Waals surface area contributed by atoms with Gasteiger partial charge in [-0.3, -0.25) is 9.88 Å². The number of aromatic nitrogens is 3. The van der Waals surface area contributed by atoms with Crippen molar-refractivity contribution in [2.45, 2.75) is 49.7 Å². The fourth-order valence-electron chi connectivity index (χ4n) is 7.86. The first-order valence-corrected chi connectivity index (χ1v) is 15.2. The molecule has 4 aromatic rings. The van der Waals surface area contributed by atoms with Crippen molar-refractivity contribution >= 4 is 27.5 Å². The molecule has 2 bridgehead atoms. The SMILES string of the molecule is C#Cc1cccc2cc(O)cc(-c3ncc4c(N5C[C@H]6CC[C@@H](C5)N6)nc(OCC56CCCN5CC(=CF)C6)nc4c3F)c12. The maximum absolute atomic E-state index is 16.8. The van der Waals surface area contributed by atoms with E-state index in [-0.39, 0.29) is 35.1 Å². The third-order valence-corrected chi connectivity index (χ3v) is 9.85. The van der Waals surface area contributed by atoms with Gasteiger partial charge >= 0.3 is 6.01 Å². The maximum atomic E-state index is 16.8. The molecule has 224 valence electrons. The average molecular weight is 595 g/mol. The number of aromatic hydroxyl groups is 1. The van der Waals surface area contributed by atoms with E-state index in [1.807, 2.05) is 6.07 Å². The Kier molecular flexibility index (Phi) is 6.43. The Hall–Kier alpha value is -4.33. The molecule has 0 spiro atoms. The number of hydrogen-bond acceptors (Lipinski definition) is 8. The number of hydrogen-bond donors (Lipinski definition) is 2. The molecule has 0 radical (unpaired) electrons. The molecule has 0 amide bonds. The highest BCUT2D eigenvalue weighted by Gasteiger charge is 2.47. The quantitative estimate of drug-likeness (QED) is 0.310. The first-order valence-electron chi connectivity index (χ1n) is 15.2. The summed E-state index contributed by atoms with van der Waals surface area (Å²) in [4.78, 5) is 18.5. The zero-order chi connectivity index (χ0) is 30.0. The van der Waals surface area contributed by atoms with Crippen molar-refractivity contribution in [3.63, 3.8) is 0 Å². The smallest absolute Gasteiger partial charge is 0.319 e. The lowest BCUT2D eigenvalue weighted by Crippen LogP contribution is -2.51. The summed E-state index contributed by atoms with van der Waals surface area (Å²) in [6, 6.07) is 9.23. The largest absolute Gasteiger partial charge is 0.508 e. The van der Waals surface area contributed by atoms with Gasteiger partial charge in [-0.1, -0.05) is 18.1 Å². The van der Waals surface area contributed by atoms with E-state index in [9.17, 15) is 9.50 Å². The Bertz CT molecular complexity index is 1880. The average Bonchev–Trinajstić information content (AvgIpc) is 3.70. The lowest BCUT2D eigenvalue weighted by molar-refractivity contribution is 0.108. The van der Waals surface area contributed by atoms with Gasteiger partial charge < -0.3 is 20.1 Å². The number of phenols is 1. The molecular formula is C34H32F2N6O2. The predicted octanol–water partition coefficient (Wildman–Crippen LogP) is 5.08. The van der Waals surface area contributed by atoms with Crippen LogP contribution in [0.3, 0.4) is 0 Å². The summed E-state index contributed by atoms with van der Waals surface area (Å²) in [5.74, 6) is 2.60. The molecule has 4 aliphatic heterocycles. The number of fused-ring (bicyclic) bond motifs is 5. The lowest BCUT2D eigenvalue weighted by atomic mass is 9.94. The summed E-state index contributed by atoms with van der Waals surface area (Å²) in [6.45, 7) is 3.22. The van der Waals surface area contributed by atoms with Gasteiger partial charge in [-0.2, -0.15) is 9.97 Å². The van der Waals surface area contributed by atoms with Crippen molar-refractivity contribution in [2.24, 2.45) is 0 Å². The molecule has 1 unspecified atom stereocenters. The molecule has 0 saturated carbocycles. The van der Waals surface area contributed by atoms with Crippen LogP contribution in [0, 0.1) is 18.2 Å². The fourth-order valence-corrected chi connectivity index (χ4v) is 7.86. The number of pyridine rings is 1. The van der Waals surface area contributed by atoms with Crippen LogP contribution < -0.4 is 15.0 Å². The summed E-state index contributed by atoms with van der Waals surface area (Å²) in [5, 5.41) is 16.0. The van der Waals surface area contributed by atoms with Crippen molar-refractivity contribution in [2.75, 3.05) is 37.7 Å². The molecule has 44 heavy (non-hydrogen) atoms. The van der Waals surface area contributed by atoms with E-state index < -0.39 is 5.82 Å². The van der Waals surface area contributed by atoms with Crippen LogP contribution >= 0.6 is 0 Å². The number of anilines is 1. The molecule has 4 fully saturated rings. The van der Waals surface area contributed by atoms with Gasteiger partial charge in [0.25, 0.3) is 0 Å². The van der Waals surface area contributed by atoms with Crippen molar-refractivity contribution < 1.29 is 18.6 Å². The maximum Gasteiger partial charge on any atom is 0.319 e. The summed E-state index contributed by atoms with van der Waals surface area (Å²) in [6.07, 6.45) is 12.8. The van der Waals surface area contributed by atoms with Gasteiger partial charge in [0, 0.05) is 54.4 Å². The predicted molar refractivity (Wildman–Crippen MR) is 165 cm³/mol. The number of nitrogens with one attached hydrogen (secondary N) is 1. The molecule has 2 N–H and O–H groups in total. The first kappa shape index (κ1) is 27.2. The number of piperazine rings is 1. The fraction of sp³-hybridized carbons (Fsp3) is 0.382. The van der Waals surface area contributed by atoms with Crippen LogP contribution in [0.5, 0.6) is 11.8 Å². The van der Waals surface area contributed by atoms with Crippen LogP contribution in [0.1, 0.15) is 37.7 Å². The van der Waals surface area contributed by atoms with Crippen molar-refractivity contribution in [3.8, 4) is 35.4 Å². The molecule has 8 nitrogen and oxygen atoms in total. The van der Waals surface area contributed by atoms with E-state index >= 15 is 4.39 Å². The minimum Gasteiger partial charge on any atom is -0.508 e. The molecule has 3 atom stereocenters. The zero-order valence-corrected chi connectivity index (χ0v) is 24.2. The van der Waals surface area contributed by atoms with E-state index in [2.05, 4.69) is 31.0 Å². The summed E-state index contributed by atoms with van der Waals surface area (Å²) < 4.78 is 36.6. The van der Waals surface area contributed by atoms with Crippen molar-refractivity contribution in [1.82, 2.24) is 25.2 Å². The molecular weight excluding hydrogens is 562 g/mol. The number of ether oxygens (including phenoxy) is 1. The normalized spacial score (nSPS) is 25.7. The number of benzene rings is 2. The topological polar surface area (TPSA) is 86.6 Å². The second kappa shape index (κ2) is 10.4. The minimum atomic E-state index is -0.642. The van der Waals surface area contributed by atoms with Gasteiger partial charge in [0.1, 0.15) is 29.4 Å². The second-order valence-electron chi connectivity index (χ2n) is 12.6. The van der Waals surface area contributed by atoms with Gasteiger partial charge in [-0.15, -0.1) is 6.42 Å². The van der Waals surface area contributed by atoms with Crippen LogP contribution in [-0.4, -0.2) is 75.4 Å². The van der Waals surface area contributed by atoms with Crippen molar-refractivity contribution in [3.05, 3.63) is 59.8 Å². The third kappa shape index (κ3) is 4.37. The molecule has 4 saturated heterocycles. The van der Waals surface area contributed by atoms with Crippen LogP contribution in [-0.2, 0) is 0 Å². The number of rotatable bonds is 5. The lowest BCUT2D eigenvalue weighted by Gasteiger charge is -2.34. The van der Waals surface area contributed by atoms with Gasteiger partial charge in [0.2, 0.25) is 0 Å².